The number of carbonyl (C=O) groups excluding carboxylic acids is 2. The van der Waals surface area contributed by atoms with Gasteiger partial charge in [0.1, 0.15) is 10.8 Å². The first-order valence-electron chi connectivity index (χ1n) is 7.60. The smallest absolute Gasteiger partial charge is 0.251 e. The first-order valence-corrected chi connectivity index (χ1v) is 9.35. The highest BCUT2D eigenvalue weighted by Gasteiger charge is 2.19. The number of nitrogens with one attached hydrogen (secondary N) is 2. The van der Waals surface area contributed by atoms with E-state index in [1.165, 1.54) is 35.2 Å². The van der Waals surface area contributed by atoms with Crippen molar-refractivity contribution in [2.45, 2.75) is 17.3 Å². The average Bonchev–Trinajstić information content (AvgIpc) is 3.25. The summed E-state index contributed by atoms with van der Waals surface area (Å²) in [4.78, 5) is 31.0. The molecule has 2 amide bonds. The van der Waals surface area contributed by atoms with E-state index in [2.05, 4.69) is 15.3 Å². The van der Waals surface area contributed by atoms with Gasteiger partial charge in [0.05, 0.1) is 22.7 Å². The van der Waals surface area contributed by atoms with E-state index >= 15 is 0 Å². The van der Waals surface area contributed by atoms with Crippen molar-refractivity contribution >= 4 is 39.9 Å². The molecule has 134 valence electrons. The maximum atomic E-state index is 13.0. The van der Waals surface area contributed by atoms with E-state index in [9.17, 15) is 14.0 Å². The fraction of sp³-hybridized carbons (Fsp3) is 0.118. The number of amides is 2. The summed E-state index contributed by atoms with van der Waals surface area (Å²) >= 11 is 2.48. The molecule has 4 N–H and O–H groups in total. The Labute approximate surface area is 157 Å². The highest BCUT2D eigenvalue weighted by Crippen LogP contribution is 2.27. The topological polar surface area (TPSA) is 101 Å². The third-order valence-corrected chi connectivity index (χ3v) is 5.36. The predicted molar refractivity (Wildman–Crippen MR) is 101 cm³/mol. The highest BCUT2D eigenvalue weighted by molar-refractivity contribution is 8.00. The number of nitrogens with two attached hydrogens (primary N) is 1. The summed E-state index contributed by atoms with van der Waals surface area (Å²) < 4.78 is 13.0. The van der Waals surface area contributed by atoms with Gasteiger partial charge in [0.25, 0.3) is 5.91 Å². The number of halogens is 1. The van der Waals surface area contributed by atoms with Gasteiger partial charge in [-0.15, -0.1) is 11.3 Å². The molecule has 1 aromatic carbocycles. The Morgan fingerprint density at radius 1 is 1.31 bits per heavy atom. The summed E-state index contributed by atoms with van der Waals surface area (Å²) in [6.07, 6.45) is 1.63. The Morgan fingerprint density at radius 3 is 2.73 bits per heavy atom. The number of benzene rings is 1. The van der Waals surface area contributed by atoms with Crippen LogP contribution in [0.2, 0.25) is 0 Å². The first kappa shape index (κ1) is 18.2. The van der Waals surface area contributed by atoms with Crippen LogP contribution >= 0.6 is 23.1 Å². The number of hydrogen-bond donors (Lipinski definition) is 3. The van der Waals surface area contributed by atoms with Crippen LogP contribution in [0.3, 0.4) is 0 Å². The minimum atomic E-state index is -0.586. The molecular weight excluding hydrogens is 375 g/mol. The van der Waals surface area contributed by atoms with Crippen LogP contribution in [-0.4, -0.2) is 27.0 Å². The van der Waals surface area contributed by atoms with Gasteiger partial charge in [-0.3, -0.25) is 9.59 Å². The van der Waals surface area contributed by atoms with Crippen LogP contribution in [0.1, 0.15) is 17.3 Å². The molecule has 0 spiro atoms. The third-order valence-electron chi connectivity index (χ3n) is 3.53. The van der Waals surface area contributed by atoms with Gasteiger partial charge in [-0.1, -0.05) is 11.8 Å². The van der Waals surface area contributed by atoms with Crippen molar-refractivity contribution in [3.63, 3.8) is 0 Å². The summed E-state index contributed by atoms with van der Waals surface area (Å²) in [6, 6.07) is 7.61. The van der Waals surface area contributed by atoms with Gasteiger partial charge >= 0.3 is 0 Å². The third kappa shape index (κ3) is 4.12. The SMILES string of the molecule is CC(Sc1ncc(-c2ccc(F)cc2)[nH]1)C(=O)Nc1sccc1C(N)=O. The number of imidazole rings is 1. The minimum Gasteiger partial charge on any atom is -0.366 e. The summed E-state index contributed by atoms with van der Waals surface area (Å²) in [5.41, 5.74) is 7.09. The average molecular weight is 390 g/mol. The molecule has 0 aliphatic carbocycles. The van der Waals surface area contributed by atoms with Gasteiger partial charge in [-0.05, 0) is 48.2 Å². The number of hydrogen-bond acceptors (Lipinski definition) is 5. The number of aromatic amines is 1. The zero-order valence-corrected chi connectivity index (χ0v) is 15.3. The molecule has 0 aliphatic rings. The van der Waals surface area contributed by atoms with Gasteiger partial charge in [0, 0.05) is 0 Å². The van der Waals surface area contributed by atoms with Crippen LogP contribution in [0.4, 0.5) is 9.39 Å². The first-order chi connectivity index (χ1) is 12.4. The summed E-state index contributed by atoms with van der Waals surface area (Å²) in [5.74, 6) is -1.16. The lowest BCUT2D eigenvalue weighted by atomic mass is 10.2. The van der Waals surface area contributed by atoms with Gasteiger partial charge in [-0.25, -0.2) is 9.37 Å². The Bertz CT molecular complexity index is 936. The lowest BCUT2D eigenvalue weighted by Crippen LogP contribution is -2.23. The molecule has 1 atom stereocenters. The van der Waals surface area contributed by atoms with Crippen molar-refractivity contribution in [1.29, 1.82) is 0 Å². The molecule has 3 rings (SSSR count). The summed E-state index contributed by atoms with van der Waals surface area (Å²) in [5, 5.41) is 4.94. The zero-order valence-electron chi connectivity index (χ0n) is 13.7. The number of thioether (sulfide) groups is 1. The molecule has 2 aromatic heterocycles. The van der Waals surface area contributed by atoms with Crippen molar-refractivity contribution < 1.29 is 14.0 Å². The predicted octanol–water partition coefficient (Wildman–Crippen LogP) is 3.50. The molecule has 9 heteroatoms. The number of rotatable bonds is 6. The summed E-state index contributed by atoms with van der Waals surface area (Å²) in [7, 11) is 0. The Kier molecular flexibility index (Phi) is 5.38. The van der Waals surface area contributed by atoms with Crippen molar-refractivity contribution in [2.24, 2.45) is 5.73 Å². The van der Waals surface area contributed by atoms with Crippen LogP contribution in [0, 0.1) is 5.82 Å². The largest absolute Gasteiger partial charge is 0.366 e. The van der Waals surface area contributed by atoms with Crippen LogP contribution in [0.15, 0.2) is 47.1 Å². The molecular formula is C17H15FN4O2S2. The van der Waals surface area contributed by atoms with Crippen LogP contribution in [0.5, 0.6) is 0 Å². The van der Waals surface area contributed by atoms with Crippen LogP contribution in [0.25, 0.3) is 11.3 Å². The molecule has 6 nitrogen and oxygen atoms in total. The number of aromatic nitrogens is 2. The van der Waals surface area contributed by atoms with Crippen LogP contribution < -0.4 is 11.1 Å². The lowest BCUT2D eigenvalue weighted by Gasteiger charge is -2.10. The highest BCUT2D eigenvalue weighted by atomic mass is 32.2. The molecule has 0 saturated carbocycles. The molecule has 0 saturated heterocycles. The van der Waals surface area contributed by atoms with Gasteiger partial charge in [0.2, 0.25) is 5.91 Å². The second-order valence-corrected chi connectivity index (χ2v) is 7.63. The van der Waals surface area contributed by atoms with Gasteiger partial charge in [0.15, 0.2) is 5.16 Å². The molecule has 0 fully saturated rings. The second kappa shape index (κ2) is 7.71. The van der Waals surface area contributed by atoms with Crippen molar-refractivity contribution in [3.05, 3.63) is 53.3 Å². The molecule has 1 unspecified atom stereocenters. The number of H-pyrrole nitrogens is 1. The number of thiophene rings is 1. The van der Waals surface area contributed by atoms with E-state index < -0.39 is 11.2 Å². The van der Waals surface area contributed by atoms with Crippen molar-refractivity contribution in [1.82, 2.24) is 9.97 Å². The maximum absolute atomic E-state index is 13.0. The van der Waals surface area contributed by atoms with Crippen LogP contribution in [-0.2, 0) is 4.79 Å². The lowest BCUT2D eigenvalue weighted by molar-refractivity contribution is -0.115. The molecule has 0 radical (unpaired) electrons. The molecule has 26 heavy (non-hydrogen) atoms. The number of anilines is 1. The van der Waals surface area contributed by atoms with E-state index in [4.69, 9.17) is 5.73 Å². The molecule has 0 aliphatic heterocycles. The van der Waals surface area contributed by atoms with E-state index in [1.54, 1.807) is 36.7 Å². The molecule has 0 bridgehead atoms. The monoisotopic (exact) mass is 390 g/mol. The second-order valence-electron chi connectivity index (χ2n) is 5.39. The maximum Gasteiger partial charge on any atom is 0.251 e. The van der Waals surface area contributed by atoms with Gasteiger partial charge in [-0.2, -0.15) is 0 Å². The number of carbonyl (C=O) groups is 2. The molecule has 2 heterocycles. The zero-order chi connectivity index (χ0) is 18.7. The number of primary amides is 1. The fourth-order valence-corrected chi connectivity index (χ4v) is 3.75. The molecule has 3 aromatic rings. The van der Waals surface area contributed by atoms with Crippen molar-refractivity contribution in [2.75, 3.05) is 5.32 Å². The van der Waals surface area contributed by atoms with Crippen molar-refractivity contribution in [3.8, 4) is 11.3 Å². The Morgan fingerprint density at radius 2 is 2.04 bits per heavy atom. The quantitative estimate of drug-likeness (QED) is 0.561. The van der Waals surface area contributed by atoms with E-state index in [0.29, 0.717) is 10.2 Å². The van der Waals surface area contributed by atoms with E-state index in [-0.39, 0.29) is 17.3 Å². The van der Waals surface area contributed by atoms with Gasteiger partial charge < -0.3 is 16.0 Å². The Hall–Kier alpha value is -2.65. The summed E-state index contributed by atoms with van der Waals surface area (Å²) in [6.45, 7) is 1.73. The standard InChI is InChI=1S/C17H15FN4O2S2/c1-9(15(24)22-16-12(14(19)23)6-7-25-16)26-17-20-8-13(21-17)10-2-4-11(18)5-3-10/h2-9H,1H3,(H2,19,23)(H,20,21)(H,22,24). The Balaban J connectivity index is 1.65. The normalized spacial score (nSPS) is 11.9. The van der Waals surface area contributed by atoms with E-state index in [1.807, 2.05) is 0 Å². The van der Waals surface area contributed by atoms with E-state index in [0.717, 1.165) is 11.3 Å². The minimum absolute atomic E-state index is 0.264. The fourth-order valence-electron chi connectivity index (χ4n) is 2.17. The number of nitrogens with zero attached hydrogens (tertiary/aromatic N) is 1.